The number of carbonyl (C=O) groups excluding carboxylic acids is 1. The van der Waals surface area contributed by atoms with Gasteiger partial charge in [0.2, 0.25) is 0 Å². The summed E-state index contributed by atoms with van der Waals surface area (Å²) in [5.74, 6) is 0.762. The summed E-state index contributed by atoms with van der Waals surface area (Å²) >= 11 is 0. The molecule has 4 N–H and O–H groups in total. The van der Waals surface area contributed by atoms with Crippen molar-refractivity contribution in [3.05, 3.63) is 57.7 Å². The first-order valence-corrected chi connectivity index (χ1v) is 13.4. The van der Waals surface area contributed by atoms with Crippen LogP contribution in [0.5, 0.6) is 23.0 Å². The number of aromatic hydroxyl groups is 3. The lowest BCUT2D eigenvalue weighted by molar-refractivity contribution is -0.144. The van der Waals surface area contributed by atoms with Gasteiger partial charge in [0.15, 0.2) is 0 Å². The summed E-state index contributed by atoms with van der Waals surface area (Å²) < 4.78 is 11.0. The van der Waals surface area contributed by atoms with Gasteiger partial charge < -0.3 is 29.9 Å². The molecule has 2 unspecified atom stereocenters. The second-order valence-corrected chi connectivity index (χ2v) is 11.2. The number of rotatable bonds is 4. The Balaban J connectivity index is 0.000000338. The molecule has 8 nitrogen and oxygen atoms in total. The maximum atomic E-state index is 10.8. The fourth-order valence-electron chi connectivity index (χ4n) is 4.71. The van der Waals surface area contributed by atoms with Crippen LogP contribution in [-0.4, -0.2) is 43.6 Å². The largest absolute Gasteiger partial charge is 0.508 e. The van der Waals surface area contributed by atoms with Crippen molar-refractivity contribution in [2.24, 2.45) is 0 Å². The van der Waals surface area contributed by atoms with E-state index in [4.69, 9.17) is 14.6 Å². The molecule has 2 aromatic rings. The first-order chi connectivity index (χ1) is 18.4. The van der Waals surface area contributed by atoms with Crippen molar-refractivity contribution in [3.63, 3.8) is 0 Å². The van der Waals surface area contributed by atoms with Crippen LogP contribution in [0.1, 0.15) is 92.3 Å². The number of benzene rings is 2. The average molecular weight is 572 g/mol. The molecular formula is C33H47O8+. The van der Waals surface area contributed by atoms with Gasteiger partial charge in [0, 0.05) is 18.9 Å². The second kappa shape index (κ2) is 13.7. The van der Waals surface area contributed by atoms with E-state index in [-0.39, 0.29) is 31.3 Å². The maximum Gasteiger partial charge on any atom is 0.322 e. The number of carboxylic acids is 1. The van der Waals surface area contributed by atoms with Crippen molar-refractivity contribution in [3.8, 4) is 23.0 Å². The van der Waals surface area contributed by atoms with Crippen molar-refractivity contribution in [2.75, 3.05) is 0 Å². The maximum absolute atomic E-state index is 10.8. The van der Waals surface area contributed by atoms with Crippen LogP contribution in [0.15, 0.2) is 12.6 Å². The van der Waals surface area contributed by atoms with Crippen LogP contribution >= 0.6 is 0 Å². The molecule has 0 saturated carbocycles. The lowest BCUT2D eigenvalue weighted by Crippen LogP contribution is -2.37. The van der Waals surface area contributed by atoms with Gasteiger partial charge >= 0.3 is 17.5 Å². The molecule has 1 saturated heterocycles. The number of esters is 1. The fraction of sp³-hybridized carbons (Fsp3) is 0.515. The Morgan fingerprint density at radius 2 is 1.49 bits per heavy atom. The smallest absolute Gasteiger partial charge is 0.322 e. The van der Waals surface area contributed by atoms with Gasteiger partial charge in [0.05, 0.1) is 12.8 Å². The van der Waals surface area contributed by atoms with Crippen LogP contribution in [0.2, 0.25) is 0 Å². The number of phenolic OH excluding ortho intramolecular Hbond substituents is 3. The first-order valence-electron chi connectivity index (χ1n) is 13.4. The normalized spacial score (nSPS) is 20.4. The first kappa shape index (κ1) is 35.3. The molecule has 0 amide bonds. The van der Waals surface area contributed by atoms with E-state index in [1.807, 2.05) is 34.6 Å². The van der Waals surface area contributed by atoms with E-state index in [1.54, 1.807) is 26.8 Å². The molecule has 0 bridgehead atoms. The number of hydrogen-bond donors (Lipinski definition) is 4. The quantitative estimate of drug-likeness (QED) is 0.175. The Labute approximate surface area is 244 Å². The average Bonchev–Trinajstić information content (AvgIpc) is 3.26. The summed E-state index contributed by atoms with van der Waals surface area (Å²) in [7, 11) is 0. The number of aliphatic carboxylic acids is 1. The van der Waals surface area contributed by atoms with Gasteiger partial charge in [0.25, 0.3) is 6.08 Å². The standard InChI is InChI=1S/C16H22O4.C9H12O2.C7H9O2.CH4/c1-9-10(2)15-12(11(3)14(9)19)5-7-16(4,20-15)8-6-13(17)18;1-5-4-8(10)6(2)7(3)9(5)11;1-3-7(2)5-4-6(8)9-7;/h19H,5-8H2,1-4H3,(H,17,18);4,10-11H,1-3H3;1,4-5H2,2H3;1H4/q;;+1;. The Kier molecular flexibility index (Phi) is 11.8. The van der Waals surface area contributed by atoms with Gasteiger partial charge in [-0.15, -0.1) is 0 Å². The third kappa shape index (κ3) is 8.37. The molecule has 0 spiro atoms. The molecule has 2 aliphatic rings. The van der Waals surface area contributed by atoms with Gasteiger partial charge in [-0.05, 0) is 107 Å². The summed E-state index contributed by atoms with van der Waals surface area (Å²) in [6.45, 7) is 18.3. The lowest BCUT2D eigenvalue weighted by atomic mass is 9.85. The third-order valence-electron chi connectivity index (χ3n) is 8.01. The Bertz CT molecular complexity index is 1270. The topological polar surface area (TPSA) is 134 Å². The molecule has 2 atom stereocenters. The highest BCUT2D eigenvalue weighted by molar-refractivity contribution is 5.72. The van der Waals surface area contributed by atoms with Crippen molar-refractivity contribution in [2.45, 2.75) is 113 Å². The molecule has 0 aliphatic carbocycles. The number of fused-ring (bicyclic) bond motifs is 1. The van der Waals surface area contributed by atoms with E-state index in [0.29, 0.717) is 24.2 Å². The minimum absolute atomic E-state index is 0. The van der Waals surface area contributed by atoms with Gasteiger partial charge in [-0.3, -0.25) is 9.59 Å². The van der Waals surface area contributed by atoms with E-state index >= 15 is 0 Å². The van der Waals surface area contributed by atoms with Gasteiger partial charge in [-0.25, -0.2) is 0 Å². The highest BCUT2D eigenvalue weighted by Gasteiger charge is 2.43. The predicted molar refractivity (Wildman–Crippen MR) is 160 cm³/mol. The van der Waals surface area contributed by atoms with Gasteiger partial charge in [-0.2, -0.15) is 0 Å². The van der Waals surface area contributed by atoms with Crippen LogP contribution in [0.25, 0.3) is 0 Å². The number of aryl methyl sites for hydroxylation is 1. The summed E-state index contributed by atoms with van der Waals surface area (Å²) in [6.07, 6.45) is 6.09. The highest BCUT2D eigenvalue weighted by Crippen LogP contribution is 2.44. The lowest BCUT2D eigenvalue weighted by Gasteiger charge is -2.37. The zero-order valence-corrected chi connectivity index (χ0v) is 24.9. The number of carbonyl (C=O) groups is 2. The minimum Gasteiger partial charge on any atom is -0.508 e. The second-order valence-electron chi connectivity index (χ2n) is 11.2. The van der Waals surface area contributed by atoms with Gasteiger partial charge in [0.1, 0.15) is 35.2 Å². The predicted octanol–water partition coefficient (Wildman–Crippen LogP) is 7.00. The minimum atomic E-state index is -0.796. The van der Waals surface area contributed by atoms with Crippen LogP contribution in [0.4, 0.5) is 0 Å². The molecule has 226 valence electrons. The monoisotopic (exact) mass is 571 g/mol. The summed E-state index contributed by atoms with van der Waals surface area (Å²) in [5.41, 5.74) is 4.99. The molecule has 4 rings (SSSR count). The molecule has 8 heteroatoms. The summed E-state index contributed by atoms with van der Waals surface area (Å²) in [4.78, 5) is 21.3. The van der Waals surface area contributed by atoms with Gasteiger partial charge in [-0.1, -0.05) is 7.43 Å². The molecular weight excluding hydrogens is 524 g/mol. The molecule has 0 radical (unpaired) electrons. The van der Waals surface area contributed by atoms with E-state index in [2.05, 4.69) is 12.7 Å². The zero-order chi connectivity index (χ0) is 30.6. The SMILES string of the molecule is C.C=[C+]C1(C)CCC(=O)O1.Cc1c(C)c2c(c(C)c1O)CCC(C)(CCC(=O)O)O2.Cc1cc(O)c(C)c(C)c1O. The molecule has 2 aliphatic heterocycles. The molecule has 0 aromatic heterocycles. The van der Waals surface area contributed by atoms with Crippen LogP contribution in [0, 0.1) is 47.6 Å². The van der Waals surface area contributed by atoms with Crippen molar-refractivity contribution < 1.29 is 39.5 Å². The molecule has 41 heavy (non-hydrogen) atoms. The van der Waals surface area contributed by atoms with Crippen molar-refractivity contribution in [1.82, 2.24) is 0 Å². The summed E-state index contributed by atoms with van der Waals surface area (Å²) in [6, 6.07) is 1.57. The highest BCUT2D eigenvalue weighted by atomic mass is 16.6. The molecule has 1 fully saturated rings. The van der Waals surface area contributed by atoms with Crippen molar-refractivity contribution in [1.29, 1.82) is 0 Å². The van der Waals surface area contributed by atoms with E-state index < -0.39 is 17.2 Å². The number of carboxylic acid groups (broad SMARTS) is 1. The Morgan fingerprint density at radius 1 is 0.902 bits per heavy atom. The Morgan fingerprint density at radius 3 is 1.98 bits per heavy atom. The van der Waals surface area contributed by atoms with Crippen LogP contribution < -0.4 is 4.74 Å². The number of cyclic esters (lactones) is 1. The molecule has 2 aromatic carbocycles. The van der Waals surface area contributed by atoms with E-state index in [1.165, 1.54) is 0 Å². The third-order valence-corrected chi connectivity index (χ3v) is 8.01. The van der Waals surface area contributed by atoms with E-state index in [9.17, 15) is 24.9 Å². The van der Waals surface area contributed by atoms with Crippen LogP contribution in [0.3, 0.4) is 0 Å². The number of ether oxygens (including phenoxy) is 2. The van der Waals surface area contributed by atoms with Crippen molar-refractivity contribution >= 4 is 11.9 Å². The Hall–Kier alpha value is -3.77. The zero-order valence-electron chi connectivity index (χ0n) is 24.9. The van der Waals surface area contributed by atoms with E-state index in [0.717, 1.165) is 58.4 Å². The fourth-order valence-corrected chi connectivity index (χ4v) is 4.71. The number of hydrogen-bond acceptors (Lipinski definition) is 7. The summed E-state index contributed by atoms with van der Waals surface area (Å²) in [5, 5.41) is 37.7. The van der Waals surface area contributed by atoms with Crippen LogP contribution in [-0.2, 0) is 20.7 Å². The number of phenols is 3. The molecule has 2 heterocycles.